The summed E-state index contributed by atoms with van der Waals surface area (Å²) in [6.45, 7) is 0.477. The van der Waals surface area contributed by atoms with E-state index in [2.05, 4.69) is 10.3 Å². The van der Waals surface area contributed by atoms with E-state index in [1.807, 2.05) is 12.3 Å². The van der Waals surface area contributed by atoms with E-state index < -0.39 is 0 Å². The highest BCUT2D eigenvalue weighted by molar-refractivity contribution is 5.92. The van der Waals surface area contributed by atoms with Crippen LogP contribution in [0.4, 0.5) is 0 Å². The number of H-pyrrole nitrogens is 1. The molecule has 0 aliphatic carbocycles. The van der Waals surface area contributed by atoms with Gasteiger partial charge in [0.05, 0.1) is 7.11 Å². The zero-order valence-electron chi connectivity index (χ0n) is 14.3. The number of aromatic nitrogens is 1. The molecule has 1 heterocycles. The van der Waals surface area contributed by atoms with Crippen LogP contribution < -0.4 is 10.1 Å². The third kappa shape index (κ3) is 3.97. The molecule has 2 aromatic carbocycles. The van der Waals surface area contributed by atoms with Crippen molar-refractivity contribution in [3.8, 4) is 17.2 Å². The second-order valence-electron chi connectivity index (χ2n) is 5.85. The lowest BCUT2D eigenvalue weighted by atomic mass is 10.1. The zero-order chi connectivity index (χ0) is 18.5. The maximum absolute atomic E-state index is 12.0. The molecule has 6 nitrogen and oxygen atoms in total. The van der Waals surface area contributed by atoms with Gasteiger partial charge in [-0.05, 0) is 54.0 Å². The normalized spacial score (nSPS) is 11.1. The van der Waals surface area contributed by atoms with Crippen molar-refractivity contribution in [3.05, 3.63) is 59.8 Å². The molecule has 134 valence electrons. The maximum atomic E-state index is 12.0. The van der Waals surface area contributed by atoms with E-state index in [-0.39, 0.29) is 17.4 Å². The first-order valence-electron chi connectivity index (χ1n) is 8.18. The fraction of sp³-hybridized carbons (Fsp3) is 0.150. The maximum Gasteiger partial charge on any atom is 0.244 e. The molecule has 4 N–H and O–H groups in total. The SMILES string of the molecule is COc1cc(C=CC(=O)NCCc2c[nH]c3ccc(O)cc23)ccc1O. The Kier molecular flexibility index (Phi) is 5.12. The van der Waals surface area contributed by atoms with Crippen LogP contribution in [0.15, 0.2) is 48.7 Å². The van der Waals surface area contributed by atoms with Gasteiger partial charge in [-0.15, -0.1) is 0 Å². The molecule has 0 bridgehead atoms. The molecule has 3 aromatic rings. The first-order chi connectivity index (χ1) is 12.6. The second kappa shape index (κ2) is 7.65. The zero-order valence-corrected chi connectivity index (χ0v) is 14.3. The topological polar surface area (TPSA) is 94.6 Å². The largest absolute Gasteiger partial charge is 0.508 e. The Morgan fingerprint density at radius 1 is 1.23 bits per heavy atom. The van der Waals surface area contributed by atoms with Crippen LogP contribution in [0.5, 0.6) is 17.2 Å². The molecule has 6 heteroatoms. The van der Waals surface area contributed by atoms with E-state index in [1.165, 1.54) is 19.3 Å². The highest BCUT2D eigenvalue weighted by Crippen LogP contribution is 2.26. The van der Waals surface area contributed by atoms with Gasteiger partial charge in [0, 0.05) is 29.7 Å². The molecule has 0 aliphatic heterocycles. The fourth-order valence-electron chi connectivity index (χ4n) is 2.72. The van der Waals surface area contributed by atoms with E-state index in [4.69, 9.17) is 4.74 Å². The standard InChI is InChI=1S/C20H20N2O4/c1-26-19-10-13(2-6-18(19)24)3-7-20(25)21-9-8-14-12-22-17-5-4-15(23)11-16(14)17/h2-7,10-12,22-24H,8-9H2,1H3,(H,21,25). The second-order valence-corrected chi connectivity index (χ2v) is 5.85. The lowest BCUT2D eigenvalue weighted by molar-refractivity contribution is -0.116. The minimum atomic E-state index is -0.209. The number of nitrogens with one attached hydrogen (secondary N) is 2. The number of hydrogen-bond donors (Lipinski definition) is 4. The molecule has 0 fully saturated rings. The summed E-state index contributed by atoms with van der Waals surface area (Å²) < 4.78 is 5.04. The number of aromatic amines is 1. The number of aromatic hydroxyl groups is 2. The Bertz CT molecular complexity index is 960. The highest BCUT2D eigenvalue weighted by Gasteiger charge is 2.05. The van der Waals surface area contributed by atoms with Crippen LogP contribution >= 0.6 is 0 Å². The molecule has 0 saturated heterocycles. The molecule has 1 aromatic heterocycles. The number of methoxy groups -OCH3 is 1. The summed E-state index contributed by atoms with van der Waals surface area (Å²) in [5, 5.41) is 22.9. The summed E-state index contributed by atoms with van der Waals surface area (Å²) in [5.41, 5.74) is 2.73. The first kappa shape index (κ1) is 17.4. The molecule has 0 saturated carbocycles. The van der Waals surface area contributed by atoms with E-state index in [9.17, 15) is 15.0 Å². The predicted octanol–water partition coefficient (Wildman–Crippen LogP) is 2.96. The van der Waals surface area contributed by atoms with E-state index in [0.29, 0.717) is 18.7 Å². The molecule has 3 rings (SSSR count). The number of ether oxygens (including phenoxy) is 1. The number of carbonyl (C=O) groups excluding carboxylic acids is 1. The van der Waals surface area contributed by atoms with Crippen LogP contribution in [0.3, 0.4) is 0 Å². The van der Waals surface area contributed by atoms with Gasteiger partial charge >= 0.3 is 0 Å². The molecule has 1 amide bonds. The summed E-state index contributed by atoms with van der Waals surface area (Å²) >= 11 is 0. The monoisotopic (exact) mass is 352 g/mol. The number of hydrogen-bond acceptors (Lipinski definition) is 4. The minimum Gasteiger partial charge on any atom is -0.508 e. The average molecular weight is 352 g/mol. The van der Waals surface area contributed by atoms with Gasteiger partial charge in [-0.2, -0.15) is 0 Å². The lowest BCUT2D eigenvalue weighted by Gasteiger charge is -2.04. The van der Waals surface area contributed by atoms with Gasteiger partial charge in [0.15, 0.2) is 11.5 Å². The molecule has 0 unspecified atom stereocenters. The van der Waals surface area contributed by atoms with Crippen LogP contribution in [-0.4, -0.2) is 34.8 Å². The van der Waals surface area contributed by atoms with Crippen molar-refractivity contribution in [2.75, 3.05) is 13.7 Å². The molecule has 0 atom stereocenters. The number of benzene rings is 2. The van der Waals surface area contributed by atoms with Crippen molar-refractivity contribution in [1.82, 2.24) is 10.3 Å². The third-order valence-electron chi connectivity index (χ3n) is 4.08. The Labute approximate surface area is 150 Å². The summed E-state index contributed by atoms with van der Waals surface area (Å²) in [6.07, 6.45) is 5.62. The number of phenols is 2. The highest BCUT2D eigenvalue weighted by atomic mass is 16.5. The van der Waals surface area contributed by atoms with Gasteiger partial charge < -0.3 is 25.3 Å². The van der Waals surface area contributed by atoms with Gasteiger partial charge in [-0.25, -0.2) is 0 Å². The lowest BCUT2D eigenvalue weighted by Crippen LogP contribution is -2.23. The number of phenolic OH excluding ortho intramolecular Hbond substituents is 2. The third-order valence-corrected chi connectivity index (χ3v) is 4.08. The van der Waals surface area contributed by atoms with Crippen molar-refractivity contribution >= 4 is 22.9 Å². The van der Waals surface area contributed by atoms with Crippen molar-refractivity contribution < 1.29 is 19.7 Å². The Balaban J connectivity index is 1.56. The number of amides is 1. The average Bonchev–Trinajstić information content (AvgIpc) is 3.03. The van der Waals surface area contributed by atoms with Gasteiger partial charge in [0.2, 0.25) is 5.91 Å². The van der Waals surface area contributed by atoms with E-state index >= 15 is 0 Å². The van der Waals surface area contributed by atoms with Gasteiger partial charge in [-0.3, -0.25) is 4.79 Å². The van der Waals surface area contributed by atoms with Crippen molar-refractivity contribution in [1.29, 1.82) is 0 Å². The predicted molar refractivity (Wildman–Crippen MR) is 100 cm³/mol. The molecular weight excluding hydrogens is 332 g/mol. The summed E-state index contributed by atoms with van der Waals surface area (Å²) in [4.78, 5) is 15.1. The van der Waals surface area contributed by atoms with Crippen LogP contribution in [-0.2, 0) is 11.2 Å². The molecule has 0 aliphatic rings. The molecule has 0 radical (unpaired) electrons. The smallest absolute Gasteiger partial charge is 0.244 e. The van der Waals surface area contributed by atoms with Gasteiger partial charge in [-0.1, -0.05) is 6.07 Å². The fourth-order valence-corrected chi connectivity index (χ4v) is 2.72. The summed E-state index contributed by atoms with van der Waals surface area (Å²) in [7, 11) is 1.47. The van der Waals surface area contributed by atoms with Gasteiger partial charge in [0.1, 0.15) is 5.75 Å². The van der Waals surface area contributed by atoms with Crippen LogP contribution in [0.1, 0.15) is 11.1 Å². The summed E-state index contributed by atoms with van der Waals surface area (Å²) in [6, 6.07) is 10.0. The van der Waals surface area contributed by atoms with Crippen LogP contribution in [0, 0.1) is 0 Å². The number of fused-ring (bicyclic) bond motifs is 1. The Hall–Kier alpha value is -3.41. The van der Waals surface area contributed by atoms with Crippen LogP contribution in [0.2, 0.25) is 0 Å². The minimum absolute atomic E-state index is 0.0545. The number of carbonyl (C=O) groups is 1. The Morgan fingerprint density at radius 3 is 2.88 bits per heavy atom. The van der Waals surface area contributed by atoms with Crippen LogP contribution in [0.25, 0.3) is 17.0 Å². The number of rotatable bonds is 6. The van der Waals surface area contributed by atoms with Crippen molar-refractivity contribution in [2.45, 2.75) is 6.42 Å². The Morgan fingerprint density at radius 2 is 2.08 bits per heavy atom. The van der Waals surface area contributed by atoms with E-state index in [1.54, 1.807) is 30.3 Å². The van der Waals surface area contributed by atoms with Crippen molar-refractivity contribution in [3.63, 3.8) is 0 Å². The van der Waals surface area contributed by atoms with E-state index in [0.717, 1.165) is 22.0 Å². The molecule has 0 spiro atoms. The van der Waals surface area contributed by atoms with Gasteiger partial charge in [0.25, 0.3) is 0 Å². The first-order valence-corrected chi connectivity index (χ1v) is 8.18. The van der Waals surface area contributed by atoms with Crippen molar-refractivity contribution in [2.24, 2.45) is 0 Å². The quantitative estimate of drug-likeness (QED) is 0.513. The molecular formula is C20H20N2O4. The summed E-state index contributed by atoms with van der Waals surface area (Å²) in [5.74, 6) is 0.420. The molecule has 26 heavy (non-hydrogen) atoms.